The Kier molecular flexibility index (Phi) is 4.43. The smallest absolute Gasteiger partial charge is 0.272 e. The van der Waals surface area contributed by atoms with Crippen molar-refractivity contribution in [2.45, 2.75) is 6.04 Å². The zero-order chi connectivity index (χ0) is 13.7. The summed E-state index contributed by atoms with van der Waals surface area (Å²) in [6, 6.07) is 8.69. The lowest BCUT2D eigenvalue weighted by Crippen LogP contribution is -2.31. The van der Waals surface area contributed by atoms with E-state index in [2.05, 4.69) is 15.3 Å². The fraction of sp³-hybridized carbons (Fsp3) is 0.154. The molecule has 1 aromatic carbocycles. The highest BCUT2D eigenvalue weighted by atomic mass is 35.5. The van der Waals surface area contributed by atoms with Crippen molar-refractivity contribution in [3.8, 4) is 0 Å². The number of halogens is 1. The van der Waals surface area contributed by atoms with E-state index < -0.39 is 11.9 Å². The van der Waals surface area contributed by atoms with Gasteiger partial charge in [0.15, 0.2) is 0 Å². The van der Waals surface area contributed by atoms with Crippen LogP contribution in [-0.4, -0.2) is 27.6 Å². The van der Waals surface area contributed by atoms with E-state index in [-0.39, 0.29) is 17.5 Å². The van der Waals surface area contributed by atoms with Crippen molar-refractivity contribution in [2.75, 3.05) is 6.61 Å². The molecule has 98 valence electrons. The highest BCUT2D eigenvalue weighted by Gasteiger charge is 2.16. The Bertz CT molecular complexity index is 563. The molecule has 2 aromatic rings. The molecular weight excluding hydrogens is 266 g/mol. The summed E-state index contributed by atoms with van der Waals surface area (Å²) in [5, 5.41) is 12.2. The average molecular weight is 278 g/mol. The van der Waals surface area contributed by atoms with E-state index in [1.165, 1.54) is 12.4 Å². The average Bonchev–Trinajstić information content (AvgIpc) is 2.45. The Morgan fingerprint density at radius 2 is 2.05 bits per heavy atom. The molecule has 0 saturated carbocycles. The molecule has 6 heteroatoms. The number of rotatable bonds is 4. The second kappa shape index (κ2) is 6.26. The van der Waals surface area contributed by atoms with Gasteiger partial charge in [-0.3, -0.25) is 9.78 Å². The van der Waals surface area contributed by atoms with Crippen molar-refractivity contribution in [3.05, 3.63) is 59.1 Å². The number of nitrogens with zero attached hydrogens (tertiary/aromatic N) is 2. The van der Waals surface area contributed by atoms with Gasteiger partial charge in [0.1, 0.15) is 10.8 Å². The highest BCUT2D eigenvalue weighted by Crippen LogP contribution is 2.12. The van der Waals surface area contributed by atoms with Gasteiger partial charge in [-0.25, -0.2) is 4.98 Å². The molecule has 1 heterocycles. The van der Waals surface area contributed by atoms with Crippen molar-refractivity contribution in [1.82, 2.24) is 15.3 Å². The summed E-state index contributed by atoms with van der Waals surface area (Å²) in [7, 11) is 0. The second-order valence-electron chi connectivity index (χ2n) is 3.85. The van der Waals surface area contributed by atoms with Gasteiger partial charge in [0.2, 0.25) is 0 Å². The normalized spacial score (nSPS) is 11.9. The third kappa shape index (κ3) is 3.49. The summed E-state index contributed by atoms with van der Waals surface area (Å²) < 4.78 is 0. The first-order valence-corrected chi connectivity index (χ1v) is 6.02. The highest BCUT2D eigenvalue weighted by molar-refractivity contribution is 6.29. The predicted octanol–water partition coefficient (Wildman–Crippen LogP) is 1.59. The van der Waals surface area contributed by atoms with Crippen LogP contribution in [-0.2, 0) is 0 Å². The standard InChI is InChI=1S/C13H12ClN3O2/c14-12-7-15-6-10(16-12)13(19)17-11(8-18)9-4-2-1-3-5-9/h1-7,11,18H,8H2,(H,17,19). The minimum atomic E-state index is -0.491. The molecule has 0 aliphatic heterocycles. The monoisotopic (exact) mass is 277 g/mol. The number of carbonyl (C=O) groups excluding carboxylic acids is 1. The van der Waals surface area contributed by atoms with Gasteiger partial charge >= 0.3 is 0 Å². The minimum absolute atomic E-state index is 0.113. The van der Waals surface area contributed by atoms with Crippen molar-refractivity contribution < 1.29 is 9.90 Å². The minimum Gasteiger partial charge on any atom is -0.394 e. The van der Waals surface area contributed by atoms with E-state index in [0.717, 1.165) is 5.56 Å². The van der Waals surface area contributed by atoms with E-state index in [0.29, 0.717) is 0 Å². The molecule has 0 radical (unpaired) electrons. The largest absolute Gasteiger partial charge is 0.394 e. The molecule has 19 heavy (non-hydrogen) atoms. The zero-order valence-electron chi connectivity index (χ0n) is 9.95. The van der Waals surface area contributed by atoms with Crippen LogP contribution in [0.2, 0.25) is 5.15 Å². The molecule has 0 spiro atoms. The fourth-order valence-corrected chi connectivity index (χ4v) is 1.75. The lowest BCUT2D eigenvalue weighted by Gasteiger charge is -2.16. The van der Waals surface area contributed by atoms with E-state index >= 15 is 0 Å². The molecule has 0 fully saturated rings. The van der Waals surface area contributed by atoms with Crippen LogP contribution in [0.3, 0.4) is 0 Å². The maximum Gasteiger partial charge on any atom is 0.272 e. The van der Waals surface area contributed by atoms with Gasteiger partial charge in [-0.15, -0.1) is 0 Å². The Hall–Kier alpha value is -1.98. The van der Waals surface area contributed by atoms with Crippen LogP contribution < -0.4 is 5.32 Å². The first kappa shape index (κ1) is 13.5. The van der Waals surface area contributed by atoms with Crippen LogP contribution in [0.25, 0.3) is 0 Å². The Morgan fingerprint density at radius 1 is 1.32 bits per heavy atom. The van der Waals surface area contributed by atoms with E-state index in [4.69, 9.17) is 11.6 Å². The molecule has 2 N–H and O–H groups in total. The molecule has 0 bridgehead atoms. The number of amides is 1. The molecule has 5 nitrogen and oxygen atoms in total. The van der Waals surface area contributed by atoms with E-state index in [1.807, 2.05) is 30.3 Å². The number of benzene rings is 1. The SMILES string of the molecule is O=C(NC(CO)c1ccccc1)c1cncc(Cl)n1. The summed E-state index contributed by atoms with van der Waals surface area (Å²) in [6.45, 7) is -0.205. The van der Waals surface area contributed by atoms with Crippen molar-refractivity contribution in [2.24, 2.45) is 0 Å². The molecule has 0 aliphatic carbocycles. The maximum atomic E-state index is 12.0. The number of carbonyl (C=O) groups is 1. The van der Waals surface area contributed by atoms with Gasteiger partial charge in [0, 0.05) is 0 Å². The summed E-state index contributed by atoms with van der Waals surface area (Å²) in [5.74, 6) is -0.432. The second-order valence-corrected chi connectivity index (χ2v) is 4.23. The van der Waals surface area contributed by atoms with Crippen LogP contribution >= 0.6 is 11.6 Å². The summed E-state index contributed by atoms with van der Waals surface area (Å²) in [4.78, 5) is 19.6. The van der Waals surface area contributed by atoms with Crippen LogP contribution in [0, 0.1) is 0 Å². The first-order valence-electron chi connectivity index (χ1n) is 5.65. The van der Waals surface area contributed by atoms with Crippen molar-refractivity contribution >= 4 is 17.5 Å². The van der Waals surface area contributed by atoms with Crippen molar-refractivity contribution in [3.63, 3.8) is 0 Å². The van der Waals surface area contributed by atoms with Crippen LogP contribution in [0.5, 0.6) is 0 Å². The fourth-order valence-electron chi connectivity index (χ4n) is 1.60. The topological polar surface area (TPSA) is 75.1 Å². The van der Waals surface area contributed by atoms with Crippen LogP contribution in [0.1, 0.15) is 22.1 Å². The Labute approximate surface area is 115 Å². The first-order chi connectivity index (χ1) is 9.20. The third-order valence-corrected chi connectivity index (χ3v) is 2.71. The van der Waals surface area contributed by atoms with Gasteiger partial charge in [-0.05, 0) is 5.56 Å². The van der Waals surface area contributed by atoms with E-state index in [1.54, 1.807) is 0 Å². The lowest BCUT2D eigenvalue weighted by molar-refractivity contribution is 0.0910. The molecular formula is C13H12ClN3O2. The number of aromatic nitrogens is 2. The maximum absolute atomic E-state index is 12.0. The quantitative estimate of drug-likeness (QED) is 0.890. The van der Waals surface area contributed by atoms with Gasteiger partial charge < -0.3 is 10.4 Å². The number of hydrogen-bond acceptors (Lipinski definition) is 4. The van der Waals surface area contributed by atoms with Gasteiger partial charge in [0.05, 0.1) is 25.0 Å². The Balaban J connectivity index is 2.13. The molecule has 0 saturated heterocycles. The van der Waals surface area contributed by atoms with Crippen molar-refractivity contribution in [1.29, 1.82) is 0 Å². The number of hydrogen-bond donors (Lipinski definition) is 2. The van der Waals surface area contributed by atoms with Gasteiger partial charge in [0.25, 0.3) is 5.91 Å². The molecule has 1 amide bonds. The number of aliphatic hydroxyl groups excluding tert-OH is 1. The molecule has 1 aromatic heterocycles. The summed E-state index contributed by atoms with van der Waals surface area (Å²) in [6.07, 6.45) is 2.67. The molecule has 0 aliphatic rings. The molecule has 1 unspecified atom stereocenters. The van der Waals surface area contributed by atoms with Gasteiger partial charge in [-0.2, -0.15) is 0 Å². The zero-order valence-corrected chi connectivity index (χ0v) is 10.7. The third-order valence-electron chi connectivity index (χ3n) is 2.53. The van der Waals surface area contributed by atoms with Crippen LogP contribution in [0.4, 0.5) is 0 Å². The Morgan fingerprint density at radius 3 is 2.68 bits per heavy atom. The van der Waals surface area contributed by atoms with Crippen LogP contribution in [0.15, 0.2) is 42.7 Å². The number of nitrogens with one attached hydrogen (secondary N) is 1. The summed E-state index contributed by atoms with van der Waals surface area (Å²) in [5.41, 5.74) is 0.926. The van der Waals surface area contributed by atoms with Gasteiger partial charge in [-0.1, -0.05) is 41.9 Å². The number of aliphatic hydroxyl groups is 1. The molecule has 2 rings (SSSR count). The predicted molar refractivity (Wildman–Crippen MR) is 70.8 cm³/mol. The summed E-state index contributed by atoms with van der Waals surface area (Å²) >= 11 is 5.67. The van der Waals surface area contributed by atoms with E-state index in [9.17, 15) is 9.90 Å². The molecule has 1 atom stereocenters. The lowest BCUT2D eigenvalue weighted by atomic mass is 10.1.